The van der Waals surface area contributed by atoms with E-state index >= 15 is 0 Å². The van der Waals surface area contributed by atoms with Gasteiger partial charge in [-0.1, -0.05) is 18.6 Å². The Morgan fingerprint density at radius 3 is 2.55 bits per heavy atom. The zero-order chi connectivity index (χ0) is 15.6. The molecule has 1 aliphatic heterocycles. The van der Waals surface area contributed by atoms with Crippen molar-refractivity contribution in [2.24, 2.45) is 4.99 Å². The number of halogens is 1. The highest BCUT2D eigenvalue weighted by atomic mass is 19.1. The largest absolute Gasteiger partial charge is 0.357 e. The lowest BCUT2D eigenvalue weighted by Gasteiger charge is -2.26. The predicted octanol–water partition coefficient (Wildman–Crippen LogP) is 2.37. The lowest BCUT2D eigenvalue weighted by atomic mass is 10.1. The number of guanidine groups is 1. The van der Waals surface area contributed by atoms with Crippen molar-refractivity contribution in [3.05, 3.63) is 35.6 Å². The summed E-state index contributed by atoms with van der Waals surface area (Å²) in [5, 5.41) is 6.62. The topological polar surface area (TPSA) is 39.7 Å². The highest BCUT2D eigenvalue weighted by Crippen LogP contribution is 2.07. The Morgan fingerprint density at radius 2 is 1.86 bits per heavy atom. The summed E-state index contributed by atoms with van der Waals surface area (Å²) >= 11 is 0. The van der Waals surface area contributed by atoms with Crippen molar-refractivity contribution >= 4 is 5.96 Å². The summed E-state index contributed by atoms with van der Waals surface area (Å²) in [7, 11) is 0. The molecule has 2 rings (SSSR count). The number of nitrogens with zero attached hydrogens (tertiary/aromatic N) is 2. The zero-order valence-electron chi connectivity index (χ0n) is 13.4. The minimum atomic E-state index is -0.209. The Morgan fingerprint density at radius 1 is 1.14 bits per heavy atom. The predicted molar refractivity (Wildman–Crippen MR) is 89.5 cm³/mol. The molecule has 0 bridgehead atoms. The van der Waals surface area contributed by atoms with Gasteiger partial charge in [-0.05, 0) is 50.6 Å². The molecule has 0 amide bonds. The van der Waals surface area contributed by atoms with Crippen molar-refractivity contribution in [3.63, 3.8) is 0 Å². The molecule has 122 valence electrons. The maximum absolute atomic E-state index is 12.9. The molecule has 0 aromatic heterocycles. The molecule has 1 saturated heterocycles. The number of hydrogen-bond donors (Lipinski definition) is 2. The number of likely N-dealkylation sites (tertiary alicyclic amines) is 1. The molecule has 22 heavy (non-hydrogen) atoms. The van der Waals surface area contributed by atoms with E-state index in [2.05, 4.69) is 27.4 Å². The smallest absolute Gasteiger partial charge is 0.191 e. The minimum Gasteiger partial charge on any atom is -0.357 e. The van der Waals surface area contributed by atoms with Crippen LogP contribution >= 0.6 is 0 Å². The van der Waals surface area contributed by atoms with Gasteiger partial charge in [0.15, 0.2) is 5.96 Å². The number of rotatable bonds is 6. The van der Waals surface area contributed by atoms with Crippen molar-refractivity contribution in [2.45, 2.75) is 32.7 Å². The highest BCUT2D eigenvalue weighted by Gasteiger charge is 2.09. The van der Waals surface area contributed by atoms with Gasteiger partial charge in [0.2, 0.25) is 0 Å². The van der Waals surface area contributed by atoms with E-state index in [1.54, 1.807) is 12.1 Å². The van der Waals surface area contributed by atoms with Crippen molar-refractivity contribution in [3.8, 4) is 0 Å². The molecule has 0 radical (unpaired) electrons. The second-order valence-corrected chi connectivity index (χ2v) is 5.65. The van der Waals surface area contributed by atoms with Crippen LogP contribution in [0.4, 0.5) is 4.39 Å². The van der Waals surface area contributed by atoms with Crippen LogP contribution < -0.4 is 10.6 Å². The van der Waals surface area contributed by atoms with E-state index in [0.29, 0.717) is 6.54 Å². The summed E-state index contributed by atoms with van der Waals surface area (Å²) in [6.07, 6.45) is 4.00. The number of piperidine rings is 1. The third kappa shape index (κ3) is 6.02. The summed E-state index contributed by atoms with van der Waals surface area (Å²) < 4.78 is 12.9. The van der Waals surface area contributed by atoms with Crippen LogP contribution in [0.15, 0.2) is 29.3 Å². The van der Waals surface area contributed by atoms with E-state index in [1.165, 1.54) is 44.5 Å². The normalized spacial score (nSPS) is 16.5. The quantitative estimate of drug-likeness (QED) is 0.626. The third-order valence-corrected chi connectivity index (χ3v) is 3.85. The fourth-order valence-corrected chi connectivity index (χ4v) is 2.62. The van der Waals surface area contributed by atoms with E-state index in [0.717, 1.165) is 31.2 Å². The number of aliphatic imine (C=N–C) groups is 1. The summed E-state index contributed by atoms with van der Waals surface area (Å²) in [5.74, 6) is 0.614. The molecule has 0 saturated carbocycles. The van der Waals surface area contributed by atoms with Gasteiger partial charge >= 0.3 is 0 Å². The minimum absolute atomic E-state index is 0.209. The van der Waals surface area contributed by atoms with Gasteiger partial charge in [0.25, 0.3) is 0 Å². The third-order valence-electron chi connectivity index (χ3n) is 3.85. The molecule has 5 heteroatoms. The van der Waals surface area contributed by atoms with E-state index < -0.39 is 0 Å². The lowest BCUT2D eigenvalue weighted by Crippen LogP contribution is -2.42. The average Bonchev–Trinajstić information content (AvgIpc) is 2.55. The summed E-state index contributed by atoms with van der Waals surface area (Å²) in [5.41, 5.74) is 1.01. The monoisotopic (exact) mass is 306 g/mol. The molecule has 1 fully saturated rings. The van der Waals surface area contributed by atoms with E-state index in [-0.39, 0.29) is 5.82 Å². The number of nitrogens with one attached hydrogen (secondary N) is 2. The molecule has 1 aromatic rings. The van der Waals surface area contributed by atoms with Gasteiger partial charge in [0.05, 0.1) is 6.54 Å². The maximum Gasteiger partial charge on any atom is 0.191 e. The maximum atomic E-state index is 12.9. The van der Waals surface area contributed by atoms with Crippen LogP contribution in [0.2, 0.25) is 0 Å². The first-order valence-electron chi connectivity index (χ1n) is 8.27. The molecule has 1 aliphatic rings. The van der Waals surface area contributed by atoms with Gasteiger partial charge in [-0.25, -0.2) is 9.38 Å². The van der Waals surface area contributed by atoms with Crippen molar-refractivity contribution < 1.29 is 4.39 Å². The van der Waals surface area contributed by atoms with Crippen molar-refractivity contribution in [2.75, 3.05) is 32.7 Å². The molecule has 2 N–H and O–H groups in total. The molecule has 0 aliphatic carbocycles. The van der Waals surface area contributed by atoms with Gasteiger partial charge in [-0.3, -0.25) is 0 Å². The van der Waals surface area contributed by atoms with Gasteiger partial charge in [-0.15, -0.1) is 0 Å². The molecule has 0 atom stereocenters. The number of hydrogen-bond acceptors (Lipinski definition) is 2. The molecule has 1 aromatic carbocycles. The van der Waals surface area contributed by atoms with Crippen LogP contribution in [0.5, 0.6) is 0 Å². The van der Waals surface area contributed by atoms with E-state index in [9.17, 15) is 4.39 Å². The SMILES string of the molecule is CCNC(=NCc1ccc(F)cc1)NCCN1CCCCC1. The first kappa shape index (κ1) is 16.7. The Bertz CT molecular complexity index is 452. The van der Waals surface area contributed by atoms with Gasteiger partial charge in [-0.2, -0.15) is 0 Å². The van der Waals surface area contributed by atoms with Crippen LogP contribution in [-0.2, 0) is 6.54 Å². The highest BCUT2D eigenvalue weighted by molar-refractivity contribution is 5.79. The van der Waals surface area contributed by atoms with Gasteiger partial charge in [0, 0.05) is 19.6 Å². The molecule has 0 spiro atoms. The van der Waals surface area contributed by atoms with Crippen LogP contribution in [0.3, 0.4) is 0 Å². The zero-order valence-corrected chi connectivity index (χ0v) is 13.4. The first-order chi connectivity index (χ1) is 10.8. The standard InChI is InChI=1S/C17H27FN4/c1-2-19-17(20-10-13-22-11-4-3-5-12-22)21-14-15-6-8-16(18)9-7-15/h6-9H,2-5,10-14H2,1H3,(H2,19,20,21). The van der Waals surface area contributed by atoms with Crippen molar-refractivity contribution in [1.29, 1.82) is 0 Å². The molecular weight excluding hydrogens is 279 g/mol. The fourth-order valence-electron chi connectivity index (χ4n) is 2.62. The summed E-state index contributed by atoms with van der Waals surface area (Å²) in [4.78, 5) is 7.05. The second-order valence-electron chi connectivity index (χ2n) is 5.65. The Hall–Kier alpha value is -1.62. The molecular formula is C17H27FN4. The average molecular weight is 306 g/mol. The summed E-state index contributed by atoms with van der Waals surface area (Å²) in [6, 6.07) is 6.50. The van der Waals surface area contributed by atoms with Crippen LogP contribution in [0, 0.1) is 5.82 Å². The molecule has 1 heterocycles. The lowest BCUT2D eigenvalue weighted by molar-refractivity contribution is 0.232. The van der Waals surface area contributed by atoms with Crippen LogP contribution in [0.1, 0.15) is 31.7 Å². The van der Waals surface area contributed by atoms with Crippen molar-refractivity contribution in [1.82, 2.24) is 15.5 Å². The molecule has 0 unspecified atom stereocenters. The van der Waals surface area contributed by atoms with Gasteiger partial charge in [0.1, 0.15) is 5.82 Å². The first-order valence-corrected chi connectivity index (χ1v) is 8.27. The Balaban J connectivity index is 1.77. The summed E-state index contributed by atoms with van der Waals surface area (Å²) in [6.45, 7) is 7.82. The van der Waals surface area contributed by atoms with E-state index in [4.69, 9.17) is 0 Å². The second kappa shape index (κ2) is 9.41. The Labute approximate surface area is 132 Å². The van der Waals surface area contributed by atoms with Crippen LogP contribution in [0.25, 0.3) is 0 Å². The number of benzene rings is 1. The van der Waals surface area contributed by atoms with Gasteiger partial charge < -0.3 is 15.5 Å². The Kier molecular flexibility index (Phi) is 7.16. The molecule has 4 nitrogen and oxygen atoms in total. The van der Waals surface area contributed by atoms with E-state index in [1.807, 2.05) is 0 Å². The fraction of sp³-hybridized carbons (Fsp3) is 0.588. The van der Waals surface area contributed by atoms with Crippen LogP contribution in [-0.4, -0.2) is 43.6 Å².